The fraction of sp³-hybridized carbons (Fsp3) is 0.429. The first-order valence-electron chi connectivity index (χ1n) is 6.63. The largest absolute Gasteiger partial charge is 0.304 e. The van der Waals surface area contributed by atoms with Gasteiger partial charge in [0.25, 0.3) is 0 Å². The average Bonchev–Trinajstić information content (AvgIpc) is 2.65. The molecule has 0 aromatic heterocycles. The van der Waals surface area contributed by atoms with E-state index in [1.807, 2.05) is 7.05 Å². The Bertz CT molecular complexity index is 662. The summed E-state index contributed by atoms with van der Waals surface area (Å²) in [5.74, 6) is -0.660. The van der Waals surface area contributed by atoms with Crippen LogP contribution in [0.3, 0.4) is 0 Å². The first-order chi connectivity index (χ1) is 9.48. The monoisotopic (exact) mass is 296 g/mol. The molecule has 4 nitrogen and oxygen atoms in total. The molecule has 0 atom stereocenters. The van der Waals surface area contributed by atoms with Crippen LogP contribution in [0.25, 0.3) is 6.08 Å². The van der Waals surface area contributed by atoms with Crippen molar-refractivity contribution in [2.75, 3.05) is 39.8 Å². The average molecular weight is 296 g/mol. The molecule has 0 radical (unpaired) electrons. The molecule has 6 heteroatoms. The standard InChI is InChI=1S/C14H17FN2O2S/c1-16-5-7-17(8-6-16)10-12-9-11-3-2-4-13(15)14(11)20(12,18)19/h2-4,9H,5-8,10H2,1H3. The van der Waals surface area contributed by atoms with E-state index in [-0.39, 0.29) is 4.90 Å². The van der Waals surface area contributed by atoms with Crippen molar-refractivity contribution in [2.45, 2.75) is 4.90 Å². The predicted molar refractivity (Wildman–Crippen MR) is 75.5 cm³/mol. The third-order valence-electron chi connectivity index (χ3n) is 3.90. The molecule has 0 bridgehead atoms. The van der Waals surface area contributed by atoms with Crippen molar-refractivity contribution >= 4 is 15.9 Å². The first-order valence-corrected chi connectivity index (χ1v) is 8.12. The molecule has 1 aromatic rings. The third kappa shape index (κ3) is 2.28. The van der Waals surface area contributed by atoms with Crippen LogP contribution in [-0.2, 0) is 9.84 Å². The number of fused-ring (bicyclic) bond motifs is 1. The molecule has 1 fully saturated rings. The van der Waals surface area contributed by atoms with Gasteiger partial charge < -0.3 is 4.90 Å². The van der Waals surface area contributed by atoms with Gasteiger partial charge >= 0.3 is 0 Å². The van der Waals surface area contributed by atoms with Gasteiger partial charge in [-0.05, 0) is 24.8 Å². The second kappa shape index (κ2) is 4.95. The van der Waals surface area contributed by atoms with Crippen LogP contribution in [0.4, 0.5) is 4.39 Å². The smallest absolute Gasteiger partial charge is 0.207 e. The van der Waals surface area contributed by atoms with Crippen LogP contribution in [0.5, 0.6) is 0 Å². The lowest BCUT2D eigenvalue weighted by atomic mass is 10.2. The Morgan fingerprint density at radius 3 is 2.55 bits per heavy atom. The lowest BCUT2D eigenvalue weighted by Crippen LogP contribution is -2.45. The number of hydrogen-bond acceptors (Lipinski definition) is 4. The molecule has 1 saturated heterocycles. The summed E-state index contributed by atoms with van der Waals surface area (Å²) in [4.78, 5) is 4.46. The molecular formula is C14H17FN2O2S. The number of piperazine rings is 1. The summed E-state index contributed by atoms with van der Waals surface area (Å²) in [6.45, 7) is 3.89. The summed E-state index contributed by atoms with van der Waals surface area (Å²) in [6, 6.07) is 4.38. The molecule has 1 aromatic carbocycles. The van der Waals surface area contributed by atoms with Crippen LogP contribution in [0.2, 0.25) is 0 Å². The predicted octanol–water partition coefficient (Wildman–Crippen LogP) is 1.20. The van der Waals surface area contributed by atoms with Crippen LogP contribution in [0.15, 0.2) is 28.0 Å². The van der Waals surface area contributed by atoms with Crippen LogP contribution < -0.4 is 0 Å². The third-order valence-corrected chi connectivity index (χ3v) is 5.81. The molecule has 20 heavy (non-hydrogen) atoms. The van der Waals surface area contributed by atoms with E-state index in [0.717, 1.165) is 26.2 Å². The normalized spacial score (nSPS) is 22.6. The lowest BCUT2D eigenvalue weighted by molar-refractivity contribution is 0.166. The van der Waals surface area contributed by atoms with E-state index in [1.165, 1.54) is 6.07 Å². The summed E-state index contributed by atoms with van der Waals surface area (Å²) in [5, 5.41) is 0. The summed E-state index contributed by atoms with van der Waals surface area (Å²) in [7, 11) is -1.61. The molecule has 0 aliphatic carbocycles. The molecule has 108 valence electrons. The summed E-state index contributed by atoms with van der Waals surface area (Å²) >= 11 is 0. The van der Waals surface area contributed by atoms with Crippen molar-refractivity contribution in [2.24, 2.45) is 0 Å². The van der Waals surface area contributed by atoms with E-state index in [4.69, 9.17) is 0 Å². The van der Waals surface area contributed by atoms with E-state index in [9.17, 15) is 12.8 Å². The Balaban J connectivity index is 1.85. The van der Waals surface area contributed by atoms with E-state index >= 15 is 0 Å². The SMILES string of the molecule is CN1CCN(CC2=Cc3cccc(F)c3S2(=O)=O)CC1. The first kappa shape index (κ1) is 13.7. The quantitative estimate of drug-likeness (QED) is 0.822. The molecule has 0 spiro atoms. The van der Waals surface area contributed by atoms with Crippen molar-refractivity contribution in [3.05, 3.63) is 34.5 Å². The fourth-order valence-corrected chi connectivity index (χ4v) is 4.32. The highest BCUT2D eigenvalue weighted by Gasteiger charge is 2.33. The molecular weight excluding hydrogens is 279 g/mol. The molecule has 0 N–H and O–H groups in total. The zero-order valence-corrected chi connectivity index (χ0v) is 12.2. The van der Waals surface area contributed by atoms with Gasteiger partial charge in [0.05, 0.1) is 4.91 Å². The van der Waals surface area contributed by atoms with Crippen molar-refractivity contribution in [1.29, 1.82) is 0 Å². The van der Waals surface area contributed by atoms with Gasteiger partial charge in [-0.25, -0.2) is 12.8 Å². The summed E-state index contributed by atoms with van der Waals surface area (Å²) < 4.78 is 38.6. The maximum Gasteiger partial charge on any atom is 0.207 e. The molecule has 0 amide bonds. The van der Waals surface area contributed by atoms with Crippen molar-refractivity contribution in [3.63, 3.8) is 0 Å². The second-order valence-electron chi connectivity index (χ2n) is 5.35. The van der Waals surface area contributed by atoms with Gasteiger partial charge in [-0.2, -0.15) is 0 Å². The van der Waals surface area contributed by atoms with Gasteiger partial charge in [0.2, 0.25) is 9.84 Å². The van der Waals surface area contributed by atoms with Crippen LogP contribution in [-0.4, -0.2) is 58.0 Å². The van der Waals surface area contributed by atoms with Crippen molar-refractivity contribution in [3.8, 4) is 0 Å². The zero-order chi connectivity index (χ0) is 14.3. The highest BCUT2D eigenvalue weighted by molar-refractivity contribution is 7.95. The number of benzene rings is 1. The number of hydrogen-bond donors (Lipinski definition) is 0. The summed E-state index contributed by atoms with van der Waals surface area (Å²) in [6.07, 6.45) is 1.60. The number of likely N-dealkylation sites (N-methyl/N-ethyl adjacent to an activating group) is 1. The van der Waals surface area contributed by atoms with E-state index in [1.54, 1.807) is 18.2 Å². The summed E-state index contributed by atoms with van der Waals surface area (Å²) in [5.41, 5.74) is 0.467. The molecule has 2 aliphatic rings. The molecule has 2 aliphatic heterocycles. The Kier molecular flexibility index (Phi) is 3.40. The van der Waals surface area contributed by atoms with E-state index < -0.39 is 15.7 Å². The Labute approximate surface area is 118 Å². The minimum absolute atomic E-state index is 0.163. The number of nitrogens with zero attached hydrogens (tertiary/aromatic N) is 2. The Morgan fingerprint density at radius 1 is 1.20 bits per heavy atom. The molecule has 3 rings (SSSR count). The second-order valence-corrected chi connectivity index (χ2v) is 7.29. The zero-order valence-electron chi connectivity index (χ0n) is 11.3. The fourth-order valence-electron chi connectivity index (χ4n) is 2.66. The van der Waals surface area contributed by atoms with Gasteiger partial charge in [-0.15, -0.1) is 0 Å². The number of rotatable bonds is 2. The molecule has 2 heterocycles. The minimum Gasteiger partial charge on any atom is -0.304 e. The maximum absolute atomic E-state index is 13.8. The van der Waals surface area contributed by atoms with Crippen molar-refractivity contribution < 1.29 is 12.8 Å². The topological polar surface area (TPSA) is 40.6 Å². The highest BCUT2D eigenvalue weighted by atomic mass is 32.2. The van der Waals surface area contributed by atoms with Crippen molar-refractivity contribution in [1.82, 2.24) is 9.80 Å². The van der Waals surface area contributed by atoms with Crippen LogP contribution >= 0.6 is 0 Å². The highest BCUT2D eigenvalue weighted by Crippen LogP contribution is 2.34. The number of halogens is 1. The van der Waals surface area contributed by atoms with Gasteiger partial charge in [0.1, 0.15) is 10.7 Å². The molecule has 0 saturated carbocycles. The minimum atomic E-state index is -3.66. The van der Waals surface area contributed by atoms with E-state index in [0.29, 0.717) is 17.0 Å². The van der Waals surface area contributed by atoms with Gasteiger partial charge in [0.15, 0.2) is 0 Å². The Hall–Kier alpha value is -1.24. The van der Waals surface area contributed by atoms with Gasteiger partial charge in [-0.3, -0.25) is 4.90 Å². The lowest BCUT2D eigenvalue weighted by Gasteiger charge is -2.32. The molecule has 0 unspecified atom stereocenters. The number of sulfone groups is 1. The maximum atomic E-state index is 13.8. The Morgan fingerprint density at radius 2 is 1.90 bits per heavy atom. The van der Waals surface area contributed by atoms with Crippen LogP contribution in [0, 0.1) is 5.82 Å². The van der Waals surface area contributed by atoms with Gasteiger partial charge in [-0.1, -0.05) is 12.1 Å². The van der Waals surface area contributed by atoms with Crippen LogP contribution in [0.1, 0.15) is 5.56 Å². The van der Waals surface area contributed by atoms with Gasteiger partial charge in [0, 0.05) is 32.7 Å². The van der Waals surface area contributed by atoms with E-state index in [2.05, 4.69) is 9.80 Å².